The lowest BCUT2D eigenvalue weighted by atomic mass is 9.62. The summed E-state index contributed by atoms with van der Waals surface area (Å²) in [7, 11) is 0. The van der Waals surface area contributed by atoms with Gasteiger partial charge in [0.25, 0.3) is 0 Å². The largest absolute Gasteiger partial charge is 0.395 e. The standard InChI is InChI=1S/C30H39N5O4/c1-20(2)22-5-7-25(8-6-22)30(38,29(4)18-34(19-29)13-14-36)26-15-24(16-31-17-26)27-32-28(39-33-27)23-9-11-35(12-10-23)21(3)37/h5-8,15-17,20,23,36,38H,9-14,18-19H2,1-4H3. The number of pyridine rings is 1. The monoisotopic (exact) mass is 533 g/mol. The van der Waals surface area contributed by atoms with E-state index < -0.39 is 11.0 Å². The number of likely N-dealkylation sites (tertiary alicyclic amines) is 2. The number of amides is 1. The van der Waals surface area contributed by atoms with E-state index in [2.05, 4.69) is 47.9 Å². The van der Waals surface area contributed by atoms with Crippen LogP contribution in [0.5, 0.6) is 0 Å². The van der Waals surface area contributed by atoms with Crippen LogP contribution in [0.3, 0.4) is 0 Å². The van der Waals surface area contributed by atoms with E-state index in [0.29, 0.717) is 61.5 Å². The Hall–Kier alpha value is -3.14. The molecule has 1 atom stereocenters. The maximum Gasteiger partial charge on any atom is 0.230 e. The minimum Gasteiger partial charge on any atom is -0.395 e. The number of hydrogen-bond acceptors (Lipinski definition) is 8. The Balaban J connectivity index is 1.46. The number of nitrogens with zero attached hydrogens (tertiary/aromatic N) is 5. The first-order valence-electron chi connectivity index (χ1n) is 13.9. The van der Waals surface area contributed by atoms with Crippen molar-refractivity contribution in [1.29, 1.82) is 0 Å². The molecule has 1 amide bonds. The van der Waals surface area contributed by atoms with Crippen LogP contribution >= 0.6 is 0 Å². The number of aliphatic hydroxyl groups excluding tert-OH is 1. The number of β-amino-alcohol motifs (C(OH)–C–C–N with tert-alkyl or cyclic N) is 1. The molecule has 0 radical (unpaired) electrons. The van der Waals surface area contributed by atoms with E-state index in [1.165, 1.54) is 5.56 Å². The van der Waals surface area contributed by atoms with E-state index >= 15 is 0 Å². The molecule has 2 N–H and O–H groups in total. The van der Waals surface area contributed by atoms with Crippen molar-refractivity contribution in [3.63, 3.8) is 0 Å². The predicted molar refractivity (Wildman–Crippen MR) is 147 cm³/mol. The lowest BCUT2D eigenvalue weighted by Gasteiger charge is -2.56. The van der Waals surface area contributed by atoms with Gasteiger partial charge in [-0.25, -0.2) is 0 Å². The van der Waals surface area contributed by atoms with Gasteiger partial charge in [0.15, 0.2) is 0 Å². The third-order valence-corrected chi connectivity index (χ3v) is 8.58. The number of carbonyl (C=O) groups excluding carboxylic acids is 1. The fourth-order valence-electron chi connectivity index (χ4n) is 6.16. The predicted octanol–water partition coefficient (Wildman–Crippen LogP) is 3.53. The summed E-state index contributed by atoms with van der Waals surface area (Å²) in [4.78, 5) is 24.9. The Morgan fingerprint density at radius 2 is 1.85 bits per heavy atom. The number of piperidine rings is 1. The molecular formula is C30H39N5O4. The highest BCUT2D eigenvalue weighted by Gasteiger charge is 2.56. The van der Waals surface area contributed by atoms with Crippen LogP contribution in [0.2, 0.25) is 0 Å². The van der Waals surface area contributed by atoms with Crippen LogP contribution in [0, 0.1) is 5.41 Å². The zero-order valence-corrected chi connectivity index (χ0v) is 23.3. The smallest absolute Gasteiger partial charge is 0.230 e. The van der Waals surface area contributed by atoms with Gasteiger partial charge in [-0.2, -0.15) is 4.98 Å². The Morgan fingerprint density at radius 3 is 2.46 bits per heavy atom. The van der Waals surface area contributed by atoms with Crippen molar-refractivity contribution in [1.82, 2.24) is 24.9 Å². The summed E-state index contributed by atoms with van der Waals surface area (Å²) in [6, 6.07) is 10.1. The molecular weight excluding hydrogens is 494 g/mol. The normalized spacial score (nSPS) is 19.6. The second-order valence-electron chi connectivity index (χ2n) is 11.7. The summed E-state index contributed by atoms with van der Waals surface area (Å²) in [6.07, 6.45) is 4.99. The minimum atomic E-state index is -1.32. The van der Waals surface area contributed by atoms with Gasteiger partial charge in [0.05, 0.1) is 6.61 Å². The summed E-state index contributed by atoms with van der Waals surface area (Å²) in [6.45, 7) is 11.3. The van der Waals surface area contributed by atoms with E-state index in [1.807, 2.05) is 23.1 Å². The lowest BCUT2D eigenvalue weighted by molar-refractivity contribution is -0.137. The Kier molecular flexibility index (Phi) is 7.59. The van der Waals surface area contributed by atoms with Gasteiger partial charge < -0.3 is 19.6 Å². The molecule has 2 fully saturated rings. The van der Waals surface area contributed by atoms with Gasteiger partial charge in [-0.1, -0.05) is 50.2 Å². The van der Waals surface area contributed by atoms with E-state index in [9.17, 15) is 15.0 Å². The Morgan fingerprint density at radius 1 is 1.15 bits per heavy atom. The highest BCUT2D eigenvalue weighted by Crippen LogP contribution is 2.50. The van der Waals surface area contributed by atoms with Crippen LogP contribution in [0.1, 0.15) is 75.0 Å². The van der Waals surface area contributed by atoms with E-state index in [0.717, 1.165) is 18.4 Å². The first-order chi connectivity index (χ1) is 18.6. The fraction of sp³-hybridized carbons (Fsp3) is 0.533. The molecule has 0 saturated carbocycles. The van der Waals surface area contributed by atoms with E-state index in [4.69, 9.17) is 9.51 Å². The number of hydrogen-bond donors (Lipinski definition) is 2. The van der Waals surface area contributed by atoms with Crippen LogP contribution < -0.4 is 0 Å². The third kappa shape index (κ3) is 5.11. The SMILES string of the molecule is CC(=O)N1CCC(c2nc(-c3cncc(C(O)(c4ccc(C(C)C)cc4)C4(C)CN(CCO)C4)c3)no2)CC1. The molecule has 9 heteroatoms. The van der Waals surface area contributed by atoms with Crippen molar-refractivity contribution < 1.29 is 19.5 Å². The second kappa shape index (κ2) is 10.8. The molecule has 4 heterocycles. The molecule has 9 nitrogen and oxygen atoms in total. The summed E-state index contributed by atoms with van der Waals surface area (Å²) in [5.74, 6) is 1.60. The molecule has 0 spiro atoms. The van der Waals surface area contributed by atoms with Crippen molar-refractivity contribution >= 4 is 5.91 Å². The van der Waals surface area contributed by atoms with Crippen molar-refractivity contribution in [3.8, 4) is 11.4 Å². The molecule has 0 bridgehead atoms. The highest BCUT2D eigenvalue weighted by atomic mass is 16.5. The topological polar surface area (TPSA) is 116 Å². The molecule has 1 aromatic carbocycles. The molecule has 1 unspecified atom stereocenters. The van der Waals surface area contributed by atoms with Gasteiger partial charge in [-0.05, 0) is 36.0 Å². The number of carbonyl (C=O) groups is 1. The highest BCUT2D eigenvalue weighted by molar-refractivity contribution is 5.73. The van der Waals surface area contributed by atoms with Crippen molar-refractivity contribution in [2.45, 2.75) is 58.0 Å². The lowest BCUT2D eigenvalue weighted by Crippen LogP contribution is -2.65. The van der Waals surface area contributed by atoms with Crippen LogP contribution in [-0.2, 0) is 10.4 Å². The molecule has 3 aromatic rings. The zero-order valence-electron chi connectivity index (χ0n) is 23.3. The maximum atomic E-state index is 12.6. The molecule has 2 aliphatic heterocycles. The fourth-order valence-corrected chi connectivity index (χ4v) is 6.16. The van der Waals surface area contributed by atoms with Crippen LogP contribution in [0.15, 0.2) is 47.2 Å². The second-order valence-corrected chi connectivity index (χ2v) is 11.7. The van der Waals surface area contributed by atoms with Crippen molar-refractivity contribution in [3.05, 3.63) is 65.3 Å². The van der Waals surface area contributed by atoms with Gasteiger partial charge in [0.1, 0.15) is 5.60 Å². The minimum absolute atomic E-state index is 0.0859. The van der Waals surface area contributed by atoms with Crippen LogP contribution in [0.25, 0.3) is 11.4 Å². The van der Waals surface area contributed by atoms with Gasteiger partial charge in [0, 0.05) is 74.5 Å². The van der Waals surface area contributed by atoms with Crippen molar-refractivity contribution in [2.75, 3.05) is 39.3 Å². The van der Waals surface area contributed by atoms with Gasteiger partial charge in [0.2, 0.25) is 17.6 Å². The number of benzene rings is 1. The van der Waals surface area contributed by atoms with E-state index in [1.54, 1.807) is 19.3 Å². The molecule has 0 aliphatic carbocycles. The average Bonchev–Trinajstić information content (AvgIpc) is 3.42. The first-order valence-corrected chi connectivity index (χ1v) is 13.9. The van der Waals surface area contributed by atoms with Crippen LogP contribution in [-0.4, -0.2) is 80.4 Å². The molecule has 2 aromatic heterocycles. The summed E-state index contributed by atoms with van der Waals surface area (Å²) >= 11 is 0. The van der Waals surface area contributed by atoms with Crippen LogP contribution in [0.4, 0.5) is 0 Å². The number of rotatable bonds is 8. The number of aliphatic hydroxyl groups is 2. The van der Waals surface area contributed by atoms with Gasteiger partial charge in [-0.15, -0.1) is 0 Å². The van der Waals surface area contributed by atoms with Gasteiger partial charge >= 0.3 is 0 Å². The molecule has 2 saturated heterocycles. The molecule has 39 heavy (non-hydrogen) atoms. The Labute approximate surface area is 229 Å². The summed E-state index contributed by atoms with van der Waals surface area (Å²) < 4.78 is 5.66. The van der Waals surface area contributed by atoms with Crippen molar-refractivity contribution in [2.24, 2.45) is 5.41 Å². The number of aromatic nitrogens is 3. The summed E-state index contributed by atoms with van der Waals surface area (Å²) in [5.41, 5.74) is 1.56. The quantitative estimate of drug-likeness (QED) is 0.452. The van der Waals surface area contributed by atoms with E-state index in [-0.39, 0.29) is 18.4 Å². The summed E-state index contributed by atoms with van der Waals surface area (Å²) in [5, 5.41) is 26.3. The Bertz CT molecular complexity index is 1290. The molecule has 208 valence electrons. The maximum absolute atomic E-state index is 12.6. The molecule has 2 aliphatic rings. The zero-order chi connectivity index (χ0) is 27.8. The molecule has 5 rings (SSSR count). The third-order valence-electron chi connectivity index (χ3n) is 8.58. The van der Waals surface area contributed by atoms with Gasteiger partial charge in [-0.3, -0.25) is 14.7 Å². The first kappa shape index (κ1) is 27.4. The average molecular weight is 534 g/mol.